The SMILES string of the molecule is CC(C)(C)OC(=O)N1CCC(O)C(c2sc3c(N(Cc4cccs4)C(=O)OC(C)(C)C)cc(Cl)nc3c2Br)CC1. The number of amides is 2. The Morgan fingerprint density at radius 1 is 1.18 bits per heavy atom. The number of hydrogen-bond acceptors (Lipinski definition) is 8. The van der Waals surface area contributed by atoms with Crippen molar-refractivity contribution in [1.82, 2.24) is 9.88 Å². The number of anilines is 1. The highest BCUT2D eigenvalue weighted by Gasteiger charge is 2.34. The second-order valence-electron chi connectivity index (χ2n) is 11.8. The molecule has 2 atom stereocenters. The third-order valence-corrected chi connectivity index (χ3v) is 9.67. The summed E-state index contributed by atoms with van der Waals surface area (Å²) in [7, 11) is 0. The first-order valence-corrected chi connectivity index (χ1v) is 16.0. The molecule has 1 aliphatic rings. The molecule has 0 saturated carbocycles. The van der Waals surface area contributed by atoms with Crippen molar-refractivity contribution in [2.75, 3.05) is 18.0 Å². The van der Waals surface area contributed by atoms with E-state index in [0.29, 0.717) is 43.7 Å². The summed E-state index contributed by atoms with van der Waals surface area (Å²) in [5.41, 5.74) is -0.0805. The Labute approximate surface area is 256 Å². The van der Waals surface area contributed by atoms with Gasteiger partial charge in [0, 0.05) is 34.8 Å². The molecule has 218 valence electrons. The fraction of sp³-hybridized carbons (Fsp3) is 0.536. The van der Waals surface area contributed by atoms with E-state index < -0.39 is 23.4 Å². The average molecular weight is 673 g/mol. The van der Waals surface area contributed by atoms with E-state index in [0.717, 1.165) is 18.9 Å². The second-order valence-corrected chi connectivity index (χ2v) is 15.1. The van der Waals surface area contributed by atoms with Crippen molar-refractivity contribution in [3.8, 4) is 0 Å². The maximum absolute atomic E-state index is 13.5. The van der Waals surface area contributed by atoms with Crippen LogP contribution in [0, 0.1) is 0 Å². The number of nitrogens with zero attached hydrogens (tertiary/aromatic N) is 3. The highest BCUT2D eigenvalue weighted by atomic mass is 79.9. The van der Waals surface area contributed by atoms with E-state index in [-0.39, 0.29) is 17.2 Å². The van der Waals surface area contributed by atoms with Crippen LogP contribution in [-0.4, -0.2) is 57.6 Å². The van der Waals surface area contributed by atoms with Gasteiger partial charge < -0.3 is 19.5 Å². The van der Waals surface area contributed by atoms with Gasteiger partial charge in [-0.25, -0.2) is 14.6 Å². The van der Waals surface area contributed by atoms with Crippen molar-refractivity contribution < 1.29 is 24.2 Å². The Morgan fingerprint density at radius 3 is 2.48 bits per heavy atom. The van der Waals surface area contributed by atoms with Crippen LogP contribution in [0.15, 0.2) is 28.1 Å². The molecule has 1 N–H and O–H groups in total. The lowest BCUT2D eigenvalue weighted by atomic mass is 9.96. The molecular formula is C28H35BrClN3O5S2. The van der Waals surface area contributed by atoms with Crippen LogP contribution in [0.3, 0.4) is 0 Å². The van der Waals surface area contributed by atoms with Crippen LogP contribution in [0.2, 0.25) is 5.15 Å². The quantitative estimate of drug-likeness (QED) is 0.281. The maximum atomic E-state index is 13.5. The Balaban J connectivity index is 1.72. The van der Waals surface area contributed by atoms with Crippen molar-refractivity contribution in [3.63, 3.8) is 0 Å². The van der Waals surface area contributed by atoms with E-state index in [4.69, 9.17) is 21.1 Å². The summed E-state index contributed by atoms with van der Waals surface area (Å²) in [5.74, 6) is -0.250. The number of fused-ring (bicyclic) bond motifs is 1. The van der Waals surface area contributed by atoms with E-state index in [1.165, 1.54) is 11.3 Å². The predicted molar refractivity (Wildman–Crippen MR) is 165 cm³/mol. The molecule has 1 saturated heterocycles. The van der Waals surface area contributed by atoms with Gasteiger partial charge in [0.05, 0.1) is 33.0 Å². The zero-order valence-corrected chi connectivity index (χ0v) is 27.5. The molecule has 12 heteroatoms. The summed E-state index contributed by atoms with van der Waals surface area (Å²) in [6.07, 6.45) is -0.594. The monoisotopic (exact) mass is 671 g/mol. The Morgan fingerprint density at radius 2 is 1.85 bits per heavy atom. The number of ether oxygens (including phenoxy) is 2. The highest BCUT2D eigenvalue weighted by molar-refractivity contribution is 9.10. The van der Waals surface area contributed by atoms with Crippen LogP contribution in [0.5, 0.6) is 0 Å². The van der Waals surface area contributed by atoms with E-state index in [1.807, 2.05) is 59.1 Å². The van der Waals surface area contributed by atoms with Crippen LogP contribution in [0.25, 0.3) is 10.2 Å². The molecule has 0 spiro atoms. The molecule has 1 aliphatic heterocycles. The molecule has 8 nitrogen and oxygen atoms in total. The minimum Gasteiger partial charge on any atom is -0.444 e. The van der Waals surface area contributed by atoms with E-state index in [1.54, 1.807) is 27.2 Å². The molecule has 4 rings (SSSR count). The molecule has 2 amide bonds. The zero-order chi connectivity index (χ0) is 29.4. The summed E-state index contributed by atoms with van der Waals surface area (Å²) in [5, 5.41) is 13.4. The van der Waals surface area contributed by atoms with Crippen molar-refractivity contribution >= 4 is 78.3 Å². The number of pyridine rings is 1. The smallest absolute Gasteiger partial charge is 0.415 e. The zero-order valence-electron chi connectivity index (χ0n) is 23.5. The van der Waals surface area contributed by atoms with Crippen LogP contribution in [0.1, 0.15) is 70.1 Å². The van der Waals surface area contributed by atoms with Crippen molar-refractivity contribution in [1.29, 1.82) is 0 Å². The fourth-order valence-corrected chi connectivity index (χ4v) is 7.66. The number of carbonyl (C=O) groups excluding carboxylic acids is 2. The van der Waals surface area contributed by atoms with Gasteiger partial charge in [-0.2, -0.15) is 0 Å². The summed E-state index contributed by atoms with van der Waals surface area (Å²) in [6.45, 7) is 12.2. The number of aliphatic hydroxyl groups excluding tert-OH is 1. The molecule has 0 radical (unpaired) electrons. The number of aromatic nitrogens is 1. The van der Waals surface area contributed by atoms with Crippen LogP contribution >= 0.6 is 50.2 Å². The summed E-state index contributed by atoms with van der Waals surface area (Å²) >= 11 is 13.3. The predicted octanol–water partition coefficient (Wildman–Crippen LogP) is 8.19. The molecule has 4 heterocycles. The van der Waals surface area contributed by atoms with Crippen LogP contribution < -0.4 is 4.90 Å². The average Bonchev–Trinajstić information content (AvgIpc) is 3.40. The van der Waals surface area contributed by atoms with E-state index in [9.17, 15) is 14.7 Å². The summed E-state index contributed by atoms with van der Waals surface area (Å²) in [6, 6.07) is 5.59. The largest absolute Gasteiger partial charge is 0.444 e. The molecular weight excluding hydrogens is 638 g/mol. The van der Waals surface area contributed by atoms with Gasteiger partial charge in [-0.3, -0.25) is 4.90 Å². The van der Waals surface area contributed by atoms with E-state index in [2.05, 4.69) is 20.9 Å². The van der Waals surface area contributed by atoms with Gasteiger partial charge in [0.1, 0.15) is 16.4 Å². The van der Waals surface area contributed by atoms with Gasteiger partial charge in [-0.15, -0.1) is 22.7 Å². The first-order valence-electron chi connectivity index (χ1n) is 13.1. The first-order chi connectivity index (χ1) is 18.6. The third-order valence-electron chi connectivity index (χ3n) is 6.21. The Bertz CT molecular complexity index is 1370. The van der Waals surface area contributed by atoms with Crippen molar-refractivity contribution in [2.24, 2.45) is 0 Å². The summed E-state index contributed by atoms with van der Waals surface area (Å²) in [4.78, 5) is 35.9. The van der Waals surface area contributed by atoms with Gasteiger partial charge in [-0.05, 0) is 81.8 Å². The first kappa shape index (κ1) is 31.0. The highest BCUT2D eigenvalue weighted by Crippen LogP contribution is 2.47. The van der Waals surface area contributed by atoms with Crippen molar-refractivity contribution in [2.45, 2.75) is 84.2 Å². The minimum atomic E-state index is -0.688. The number of aliphatic hydroxyl groups is 1. The number of likely N-dealkylation sites (tertiary alicyclic amines) is 1. The lowest BCUT2D eigenvalue weighted by Gasteiger charge is -2.27. The Hall–Kier alpha value is -1.92. The molecule has 0 aromatic carbocycles. The fourth-order valence-electron chi connectivity index (χ4n) is 4.48. The normalized spacial score (nSPS) is 18.5. The number of halogens is 2. The molecule has 0 bridgehead atoms. The third kappa shape index (κ3) is 7.47. The molecule has 0 aliphatic carbocycles. The van der Waals surface area contributed by atoms with Crippen molar-refractivity contribution in [3.05, 3.63) is 43.0 Å². The number of carbonyl (C=O) groups is 2. The second kappa shape index (κ2) is 12.1. The molecule has 40 heavy (non-hydrogen) atoms. The van der Waals surface area contributed by atoms with Gasteiger partial charge >= 0.3 is 12.2 Å². The molecule has 3 aromatic heterocycles. The molecule has 2 unspecified atom stereocenters. The maximum Gasteiger partial charge on any atom is 0.415 e. The van der Waals surface area contributed by atoms with Crippen LogP contribution in [0.4, 0.5) is 15.3 Å². The minimum absolute atomic E-state index is 0.241. The Kier molecular flexibility index (Phi) is 9.41. The molecule has 3 aromatic rings. The number of rotatable bonds is 4. The van der Waals surface area contributed by atoms with E-state index >= 15 is 0 Å². The van der Waals surface area contributed by atoms with Gasteiger partial charge in [0.25, 0.3) is 0 Å². The number of hydrogen-bond donors (Lipinski definition) is 1. The summed E-state index contributed by atoms with van der Waals surface area (Å²) < 4.78 is 12.8. The van der Waals surface area contributed by atoms with Gasteiger partial charge in [0.2, 0.25) is 0 Å². The van der Waals surface area contributed by atoms with Crippen LogP contribution in [-0.2, 0) is 16.0 Å². The molecule has 1 fully saturated rings. The van der Waals surface area contributed by atoms with Gasteiger partial charge in [-0.1, -0.05) is 17.7 Å². The standard InChI is InChI=1S/C28H35BrClN3O5S2/c1-27(2,3)37-25(35)32-11-9-17(19(34)10-12-32)23-21(29)22-24(40-23)18(14-20(30)31-22)33(15-16-8-7-13-39-16)26(36)38-28(4,5)6/h7-8,13-14,17,19,34H,9-12,15H2,1-6H3. The lowest BCUT2D eigenvalue weighted by molar-refractivity contribution is 0.0250. The topological polar surface area (TPSA) is 92.2 Å². The van der Waals surface area contributed by atoms with Gasteiger partial charge in [0.15, 0.2) is 0 Å². The number of thiophene rings is 2. The lowest BCUT2D eigenvalue weighted by Crippen LogP contribution is -2.37.